The SMILES string of the molecule is C=C(C)C(=O)OCC(C)CC(O)(CF)C(F)(F)F. The minimum absolute atomic E-state index is 0.110. The van der Waals surface area contributed by atoms with Crippen molar-refractivity contribution < 1.29 is 32.2 Å². The van der Waals surface area contributed by atoms with E-state index in [1.54, 1.807) is 0 Å². The van der Waals surface area contributed by atoms with Crippen LogP contribution in [-0.2, 0) is 9.53 Å². The molecule has 0 fully saturated rings. The van der Waals surface area contributed by atoms with Crippen LogP contribution in [0.15, 0.2) is 12.2 Å². The molecule has 0 aliphatic carbocycles. The van der Waals surface area contributed by atoms with Crippen LogP contribution in [-0.4, -0.2) is 36.1 Å². The van der Waals surface area contributed by atoms with Crippen LogP contribution >= 0.6 is 0 Å². The third-order valence-corrected chi connectivity index (χ3v) is 2.28. The molecule has 2 atom stereocenters. The van der Waals surface area contributed by atoms with Gasteiger partial charge in [0.15, 0.2) is 5.60 Å². The maximum Gasteiger partial charge on any atom is 0.419 e. The minimum Gasteiger partial charge on any atom is -0.462 e. The Kier molecular flexibility index (Phi) is 5.79. The minimum atomic E-state index is -5.06. The molecule has 106 valence electrons. The first-order valence-electron chi connectivity index (χ1n) is 5.21. The fourth-order valence-corrected chi connectivity index (χ4v) is 1.22. The topological polar surface area (TPSA) is 46.5 Å². The van der Waals surface area contributed by atoms with Gasteiger partial charge in [0, 0.05) is 5.57 Å². The molecule has 0 heterocycles. The van der Waals surface area contributed by atoms with E-state index in [1.807, 2.05) is 0 Å². The van der Waals surface area contributed by atoms with Gasteiger partial charge in [0.2, 0.25) is 0 Å². The molecular formula is C11H16F4O3. The number of alkyl halides is 4. The Hall–Kier alpha value is -1.11. The molecule has 0 amide bonds. The Labute approximate surface area is 102 Å². The van der Waals surface area contributed by atoms with E-state index in [9.17, 15) is 22.4 Å². The molecule has 0 rings (SSSR count). The lowest BCUT2D eigenvalue weighted by atomic mass is 9.92. The summed E-state index contributed by atoms with van der Waals surface area (Å²) in [6.07, 6.45) is -5.94. The quantitative estimate of drug-likeness (QED) is 0.459. The molecule has 2 unspecified atom stereocenters. The second-order valence-electron chi connectivity index (χ2n) is 4.35. The van der Waals surface area contributed by atoms with Crippen LogP contribution in [0.3, 0.4) is 0 Å². The Balaban J connectivity index is 4.42. The maximum absolute atomic E-state index is 12.4. The van der Waals surface area contributed by atoms with Gasteiger partial charge in [0.05, 0.1) is 6.61 Å². The second kappa shape index (κ2) is 6.17. The Morgan fingerprint density at radius 2 is 1.94 bits per heavy atom. The first-order chi connectivity index (χ1) is 8.03. The van der Waals surface area contributed by atoms with Crippen molar-refractivity contribution in [2.24, 2.45) is 5.92 Å². The van der Waals surface area contributed by atoms with Gasteiger partial charge in [-0.2, -0.15) is 13.2 Å². The highest BCUT2D eigenvalue weighted by Gasteiger charge is 2.54. The molecular weight excluding hydrogens is 256 g/mol. The molecule has 0 radical (unpaired) electrons. The van der Waals surface area contributed by atoms with E-state index < -0.39 is 36.8 Å². The number of esters is 1. The summed E-state index contributed by atoms with van der Waals surface area (Å²) in [5.41, 5.74) is -3.29. The van der Waals surface area contributed by atoms with Crippen molar-refractivity contribution in [3.8, 4) is 0 Å². The molecule has 1 N–H and O–H groups in total. The largest absolute Gasteiger partial charge is 0.462 e. The molecule has 18 heavy (non-hydrogen) atoms. The van der Waals surface area contributed by atoms with E-state index in [0.29, 0.717) is 0 Å². The summed E-state index contributed by atoms with van der Waals surface area (Å²) in [6.45, 7) is 3.73. The third kappa shape index (κ3) is 4.64. The van der Waals surface area contributed by atoms with Crippen molar-refractivity contribution in [2.75, 3.05) is 13.3 Å². The lowest BCUT2D eigenvalue weighted by Crippen LogP contribution is -2.48. The van der Waals surface area contributed by atoms with Crippen molar-refractivity contribution in [2.45, 2.75) is 32.0 Å². The molecule has 0 saturated carbocycles. The zero-order valence-corrected chi connectivity index (χ0v) is 10.2. The first kappa shape index (κ1) is 16.9. The van der Waals surface area contributed by atoms with Crippen LogP contribution < -0.4 is 0 Å². The van der Waals surface area contributed by atoms with Crippen molar-refractivity contribution >= 4 is 5.97 Å². The van der Waals surface area contributed by atoms with E-state index in [-0.39, 0.29) is 12.2 Å². The van der Waals surface area contributed by atoms with Crippen molar-refractivity contribution in [3.05, 3.63) is 12.2 Å². The van der Waals surface area contributed by atoms with Gasteiger partial charge < -0.3 is 9.84 Å². The zero-order chi connectivity index (χ0) is 14.6. The van der Waals surface area contributed by atoms with E-state index in [4.69, 9.17) is 5.11 Å². The number of halogens is 4. The predicted molar refractivity (Wildman–Crippen MR) is 56.5 cm³/mol. The smallest absolute Gasteiger partial charge is 0.419 e. The summed E-state index contributed by atoms with van der Waals surface area (Å²) in [5, 5.41) is 9.14. The zero-order valence-electron chi connectivity index (χ0n) is 10.2. The van der Waals surface area contributed by atoms with E-state index in [0.717, 1.165) is 0 Å². The highest BCUT2D eigenvalue weighted by atomic mass is 19.4. The van der Waals surface area contributed by atoms with Crippen LogP contribution in [0.1, 0.15) is 20.3 Å². The number of hydrogen-bond acceptors (Lipinski definition) is 3. The van der Waals surface area contributed by atoms with Crippen molar-refractivity contribution in [1.82, 2.24) is 0 Å². The average molecular weight is 272 g/mol. The van der Waals surface area contributed by atoms with Gasteiger partial charge in [-0.3, -0.25) is 0 Å². The third-order valence-electron chi connectivity index (χ3n) is 2.28. The van der Waals surface area contributed by atoms with E-state index in [1.165, 1.54) is 13.8 Å². The summed E-state index contributed by atoms with van der Waals surface area (Å²) in [4.78, 5) is 11.0. The van der Waals surface area contributed by atoms with Gasteiger partial charge in [-0.1, -0.05) is 13.5 Å². The van der Waals surface area contributed by atoms with Gasteiger partial charge in [0.25, 0.3) is 0 Å². The number of hydrogen-bond donors (Lipinski definition) is 1. The molecule has 0 aromatic rings. The lowest BCUT2D eigenvalue weighted by Gasteiger charge is -2.29. The number of carbonyl (C=O) groups excluding carboxylic acids is 1. The Morgan fingerprint density at radius 1 is 1.44 bits per heavy atom. The number of ether oxygens (including phenoxy) is 1. The summed E-state index contributed by atoms with van der Waals surface area (Å²) in [6, 6.07) is 0. The van der Waals surface area contributed by atoms with Crippen molar-refractivity contribution in [3.63, 3.8) is 0 Å². The molecule has 0 aliphatic heterocycles. The highest BCUT2D eigenvalue weighted by Crippen LogP contribution is 2.35. The number of aliphatic hydroxyl groups is 1. The lowest BCUT2D eigenvalue weighted by molar-refractivity contribution is -0.270. The van der Waals surface area contributed by atoms with Gasteiger partial charge in [-0.25, -0.2) is 9.18 Å². The molecule has 0 aliphatic rings. The first-order valence-corrected chi connectivity index (χ1v) is 5.21. The van der Waals surface area contributed by atoms with Crippen molar-refractivity contribution in [1.29, 1.82) is 0 Å². The highest BCUT2D eigenvalue weighted by molar-refractivity contribution is 5.86. The number of carbonyl (C=O) groups is 1. The van der Waals surface area contributed by atoms with Gasteiger partial charge >= 0.3 is 12.1 Å². The van der Waals surface area contributed by atoms with Crippen LogP contribution in [0.2, 0.25) is 0 Å². The fourth-order valence-electron chi connectivity index (χ4n) is 1.22. The molecule has 0 aromatic carbocycles. The molecule has 0 saturated heterocycles. The maximum atomic E-state index is 12.4. The average Bonchev–Trinajstić information content (AvgIpc) is 2.23. The Morgan fingerprint density at radius 3 is 2.28 bits per heavy atom. The fraction of sp³-hybridized carbons (Fsp3) is 0.727. The number of rotatable bonds is 6. The van der Waals surface area contributed by atoms with Crippen LogP contribution in [0.5, 0.6) is 0 Å². The van der Waals surface area contributed by atoms with Gasteiger partial charge in [0.1, 0.15) is 6.67 Å². The summed E-state index contributed by atoms with van der Waals surface area (Å²) in [7, 11) is 0. The van der Waals surface area contributed by atoms with Gasteiger partial charge in [-0.05, 0) is 19.3 Å². The molecule has 0 bridgehead atoms. The molecule has 0 spiro atoms. The summed E-state index contributed by atoms with van der Waals surface area (Å²) < 4.78 is 54.1. The second-order valence-corrected chi connectivity index (χ2v) is 4.35. The van der Waals surface area contributed by atoms with Crippen LogP contribution in [0.25, 0.3) is 0 Å². The van der Waals surface area contributed by atoms with E-state index >= 15 is 0 Å². The summed E-state index contributed by atoms with van der Waals surface area (Å²) in [5.74, 6) is -1.58. The van der Waals surface area contributed by atoms with Crippen LogP contribution in [0, 0.1) is 5.92 Å². The predicted octanol–water partition coefficient (Wildman–Crippen LogP) is 2.39. The van der Waals surface area contributed by atoms with Crippen LogP contribution in [0.4, 0.5) is 17.6 Å². The molecule has 3 nitrogen and oxygen atoms in total. The normalized spacial score (nSPS) is 16.8. The molecule has 7 heteroatoms. The Bertz CT molecular complexity index is 314. The molecule has 0 aromatic heterocycles. The standard InChI is InChI=1S/C11H16F4O3/c1-7(2)9(16)18-5-8(3)4-10(17,6-12)11(13,14)15/h8,17H,1,4-6H2,2-3H3. The summed E-state index contributed by atoms with van der Waals surface area (Å²) >= 11 is 0. The van der Waals surface area contributed by atoms with Gasteiger partial charge in [-0.15, -0.1) is 0 Å². The monoisotopic (exact) mass is 272 g/mol. The van der Waals surface area contributed by atoms with E-state index in [2.05, 4.69) is 11.3 Å².